The molecule has 7 heteroatoms. The van der Waals surface area contributed by atoms with Crippen molar-refractivity contribution in [3.05, 3.63) is 0 Å². The largest absolute Gasteiger partial charge is 0.320 e. The zero-order valence-corrected chi connectivity index (χ0v) is 11.7. The minimum Gasteiger partial charge on any atom is -0.320 e. The number of carbonyl (C=O) groups is 1. The first-order valence-corrected chi connectivity index (χ1v) is 8.25. The van der Waals surface area contributed by atoms with Crippen molar-refractivity contribution in [2.75, 3.05) is 12.3 Å². The van der Waals surface area contributed by atoms with E-state index in [2.05, 4.69) is 0 Å². The molecule has 0 aromatic heterocycles. The highest BCUT2D eigenvalue weighted by Crippen LogP contribution is 2.43. The van der Waals surface area contributed by atoms with Crippen LogP contribution in [-0.4, -0.2) is 41.2 Å². The van der Waals surface area contributed by atoms with Crippen molar-refractivity contribution in [3.8, 4) is 0 Å². The first-order valence-electron chi connectivity index (χ1n) is 5.73. The molecule has 0 aromatic carbocycles. The molecule has 4 nitrogen and oxygen atoms in total. The molecule has 0 aromatic rings. The number of halogens is 2. The van der Waals surface area contributed by atoms with Crippen molar-refractivity contribution >= 4 is 38.9 Å². The van der Waals surface area contributed by atoms with Crippen molar-refractivity contribution < 1.29 is 13.2 Å². The summed E-state index contributed by atoms with van der Waals surface area (Å²) >= 11 is 11.2. The van der Waals surface area contributed by atoms with Crippen molar-refractivity contribution in [3.63, 3.8) is 0 Å². The van der Waals surface area contributed by atoms with Crippen LogP contribution in [0.1, 0.15) is 32.1 Å². The normalized spacial score (nSPS) is 26.6. The lowest BCUT2D eigenvalue weighted by Crippen LogP contribution is -2.53. The Bertz CT molecular complexity index is 415. The van der Waals surface area contributed by atoms with Gasteiger partial charge < -0.3 is 4.90 Å². The summed E-state index contributed by atoms with van der Waals surface area (Å²) in [7, 11) is -3.25. The number of hydrogen-bond donors (Lipinski definition) is 0. The summed E-state index contributed by atoms with van der Waals surface area (Å²) in [4.78, 5) is 11.1. The zero-order valence-electron chi connectivity index (χ0n) is 9.36. The van der Waals surface area contributed by atoms with Crippen LogP contribution in [-0.2, 0) is 14.6 Å². The zero-order chi connectivity index (χ0) is 12.7. The van der Waals surface area contributed by atoms with Crippen LogP contribution in [0.15, 0.2) is 0 Å². The molecule has 1 aliphatic heterocycles. The van der Waals surface area contributed by atoms with Gasteiger partial charge in [0.25, 0.3) is 5.91 Å². The fourth-order valence-electron chi connectivity index (χ4n) is 2.89. The minimum atomic E-state index is -3.25. The standard InChI is InChI=1S/C10H15Cl2NO3S/c11-8(12)9(14)13-6-7-17(15,16)10(13)4-2-1-3-5-10/h8H,1-7H2. The molecule has 2 aliphatic rings. The van der Waals surface area contributed by atoms with Crippen LogP contribution in [0.25, 0.3) is 0 Å². The maximum atomic E-state index is 12.2. The van der Waals surface area contributed by atoms with E-state index in [-0.39, 0.29) is 12.3 Å². The summed E-state index contributed by atoms with van der Waals surface area (Å²) in [6.07, 6.45) is 3.71. The number of sulfone groups is 1. The topological polar surface area (TPSA) is 54.5 Å². The van der Waals surface area contributed by atoms with Crippen LogP contribution in [0.4, 0.5) is 0 Å². The Hall–Kier alpha value is -0.000000000000000111. The number of amides is 1. The Balaban J connectivity index is 2.37. The molecular weight excluding hydrogens is 285 g/mol. The van der Waals surface area contributed by atoms with Gasteiger partial charge in [0.2, 0.25) is 0 Å². The van der Waals surface area contributed by atoms with Gasteiger partial charge >= 0.3 is 0 Å². The van der Waals surface area contributed by atoms with Crippen LogP contribution in [0.2, 0.25) is 0 Å². The molecule has 98 valence electrons. The van der Waals surface area contributed by atoms with Gasteiger partial charge in [0.15, 0.2) is 14.7 Å². The monoisotopic (exact) mass is 299 g/mol. The van der Waals surface area contributed by atoms with Gasteiger partial charge in [-0.15, -0.1) is 0 Å². The van der Waals surface area contributed by atoms with E-state index in [1.807, 2.05) is 0 Å². The van der Waals surface area contributed by atoms with Gasteiger partial charge in [-0.2, -0.15) is 0 Å². The molecule has 2 rings (SSSR count). The van der Waals surface area contributed by atoms with Crippen molar-refractivity contribution in [2.24, 2.45) is 0 Å². The number of hydrogen-bond acceptors (Lipinski definition) is 3. The average molecular weight is 300 g/mol. The summed E-state index contributed by atoms with van der Waals surface area (Å²) in [5.41, 5.74) is 0. The number of carbonyl (C=O) groups excluding carboxylic acids is 1. The number of alkyl halides is 2. The first kappa shape index (κ1) is 13.4. The summed E-state index contributed by atoms with van der Waals surface area (Å²) in [6, 6.07) is 0. The van der Waals surface area contributed by atoms with E-state index in [0.717, 1.165) is 19.3 Å². The Morgan fingerprint density at radius 1 is 1.18 bits per heavy atom. The number of rotatable bonds is 1. The van der Waals surface area contributed by atoms with Gasteiger partial charge in [-0.25, -0.2) is 8.42 Å². The van der Waals surface area contributed by atoms with E-state index in [0.29, 0.717) is 12.8 Å². The fraction of sp³-hybridized carbons (Fsp3) is 0.900. The summed E-state index contributed by atoms with van der Waals surface area (Å²) < 4.78 is 24.4. The third-order valence-electron chi connectivity index (χ3n) is 3.74. The quantitative estimate of drug-likeness (QED) is 0.693. The second-order valence-corrected chi connectivity index (χ2v) is 8.11. The van der Waals surface area contributed by atoms with Gasteiger partial charge in [0.1, 0.15) is 4.87 Å². The molecule has 0 atom stereocenters. The highest BCUT2D eigenvalue weighted by molar-refractivity contribution is 7.93. The summed E-state index contributed by atoms with van der Waals surface area (Å²) in [6.45, 7) is 0.219. The van der Waals surface area contributed by atoms with Crippen LogP contribution < -0.4 is 0 Å². The Labute approximate surface area is 111 Å². The van der Waals surface area contributed by atoms with E-state index >= 15 is 0 Å². The number of nitrogens with zero attached hydrogens (tertiary/aromatic N) is 1. The Morgan fingerprint density at radius 2 is 1.76 bits per heavy atom. The van der Waals surface area contributed by atoms with E-state index in [9.17, 15) is 13.2 Å². The highest BCUT2D eigenvalue weighted by Gasteiger charge is 2.55. The van der Waals surface area contributed by atoms with Crippen LogP contribution in [0.5, 0.6) is 0 Å². The van der Waals surface area contributed by atoms with Gasteiger partial charge in [-0.3, -0.25) is 4.79 Å². The van der Waals surface area contributed by atoms with Gasteiger partial charge in [0.05, 0.1) is 5.75 Å². The predicted octanol–water partition coefficient (Wildman–Crippen LogP) is 1.71. The molecule has 0 N–H and O–H groups in total. The minimum absolute atomic E-state index is 0.0270. The molecule has 0 bridgehead atoms. The van der Waals surface area contributed by atoms with Crippen molar-refractivity contribution in [2.45, 2.75) is 41.8 Å². The van der Waals surface area contributed by atoms with E-state index in [1.54, 1.807) is 0 Å². The van der Waals surface area contributed by atoms with Crippen LogP contribution in [0.3, 0.4) is 0 Å². The highest BCUT2D eigenvalue weighted by atomic mass is 35.5. The average Bonchev–Trinajstić information content (AvgIpc) is 2.52. The van der Waals surface area contributed by atoms with Crippen molar-refractivity contribution in [1.29, 1.82) is 0 Å². The summed E-state index contributed by atoms with van der Waals surface area (Å²) in [5, 5.41) is 0. The van der Waals surface area contributed by atoms with Gasteiger partial charge in [-0.1, -0.05) is 42.5 Å². The third kappa shape index (κ3) is 2.06. The smallest absolute Gasteiger partial charge is 0.257 e. The summed E-state index contributed by atoms with van der Waals surface area (Å²) in [5.74, 6) is -0.449. The molecule has 1 saturated heterocycles. The van der Waals surface area contributed by atoms with Crippen molar-refractivity contribution in [1.82, 2.24) is 4.90 Å². The first-order chi connectivity index (χ1) is 7.91. The predicted molar refractivity (Wildman–Crippen MR) is 66.8 cm³/mol. The second kappa shape index (κ2) is 4.59. The van der Waals surface area contributed by atoms with Gasteiger partial charge in [0, 0.05) is 6.54 Å². The SMILES string of the molecule is O=C(C(Cl)Cl)N1CCS(=O)(=O)C12CCCCC2. The van der Waals surface area contributed by atoms with Gasteiger partial charge in [-0.05, 0) is 12.8 Å². The molecular formula is C10H15Cl2NO3S. The Kier molecular flexibility index (Phi) is 3.63. The lowest BCUT2D eigenvalue weighted by atomic mass is 9.93. The molecule has 1 saturated carbocycles. The molecule has 1 spiro atoms. The van der Waals surface area contributed by atoms with Crippen LogP contribution >= 0.6 is 23.2 Å². The molecule has 0 radical (unpaired) electrons. The maximum absolute atomic E-state index is 12.2. The lowest BCUT2D eigenvalue weighted by Gasteiger charge is -2.40. The van der Waals surface area contributed by atoms with E-state index < -0.39 is 25.5 Å². The molecule has 2 fully saturated rings. The molecule has 1 heterocycles. The van der Waals surface area contributed by atoms with Crippen LogP contribution in [0, 0.1) is 0 Å². The molecule has 1 amide bonds. The second-order valence-electron chi connectivity index (χ2n) is 4.62. The fourth-order valence-corrected chi connectivity index (χ4v) is 5.35. The van der Waals surface area contributed by atoms with E-state index in [4.69, 9.17) is 23.2 Å². The third-order valence-corrected chi connectivity index (χ3v) is 6.62. The Morgan fingerprint density at radius 3 is 2.29 bits per heavy atom. The molecule has 0 unspecified atom stereocenters. The molecule has 17 heavy (non-hydrogen) atoms. The lowest BCUT2D eigenvalue weighted by molar-refractivity contribution is -0.132. The van der Waals surface area contributed by atoms with E-state index in [1.165, 1.54) is 4.90 Å². The molecule has 1 aliphatic carbocycles. The maximum Gasteiger partial charge on any atom is 0.257 e.